The summed E-state index contributed by atoms with van der Waals surface area (Å²) in [5.74, 6) is -4.53. The van der Waals surface area contributed by atoms with Crippen molar-refractivity contribution >= 4 is 23.6 Å². The molecule has 3 aliphatic rings. The van der Waals surface area contributed by atoms with Crippen LogP contribution < -0.4 is 16.0 Å². The molecule has 6 atom stereocenters. The van der Waals surface area contributed by atoms with Crippen molar-refractivity contribution in [2.75, 3.05) is 6.54 Å². The molecule has 9 nitrogen and oxygen atoms in total. The Hall–Kier alpha value is -2.84. The number of hydrogen-bond donors (Lipinski definition) is 3. The Labute approximate surface area is 221 Å². The van der Waals surface area contributed by atoms with Gasteiger partial charge in [0.05, 0.1) is 6.07 Å². The van der Waals surface area contributed by atoms with Gasteiger partial charge in [-0.05, 0) is 55.8 Å². The number of fused-ring (bicyclic) bond motifs is 1. The van der Waals surface area contributed by atoms with Gasteiger partial charge in [0.25, 0.3) is 0 Å². The number of nitrogens with zero attached hydrogens (tertiary/aromatic N) is 2. The van der Waals surface area contributed by atoms with Crippen molar-refractivity contribution in [2.24, 2.45) is 28.6 Å². The van der Waals surface area contributed by atoms with Crippen molar-refractivity contribution in [2.45, 2.75) is 97.6 Å². The predicted molar refractivity (Wildman–Crippen MR) is 131 cm³/mol. The van der Waals surface area contributed by atoms with Crippen molar-refractivity contribution in [1.29, 1.82) is 5.26 Å². The highest BCUT2D eigenvalue weighted by Gasteiger charge is 2.70. The third kappa shape index (κ3) is 5.91. The van der Waals surface area contributed by atoms with Gasteiger partial charge in [-0.3, -0.25) is 19.2 Å². The number of carbonyl (C=O) groups excluding carboxylic acids is 4. The molecule has 2 saturated heterocycles. The highest BCUT2D eigenvalue weighted by atomic mass is 19.4. The quantitative estimate of drug-likeness (QED) is 0.475. The summed E-state index contributed by atoms with van der Waals surface area (Å²) < 4.78 is 39.0. The number of hydrogen-bond acceptors (Lipinski definition) is 5. The molecule has 38 heavy (non-hydrogen) atoms. The summed E-state index contributed by atoms with van der Waals surface area (Å²) in [6.45, 7) is 12.5. The second-order valence-corrected chi connectivity index (χ2v) is 13.2. The zero-order valence-corrected chi connectivity index (χ0v) is 23.0. The molecule has 0 spiro atoms. The standard InChI is InChI=1S/C26H38F3N5O4/c1-23(2,3)18(32-22(38)26(27,28)29)21(37)34-12-15-16(25(15,6)7)17(34)20(36)31-14(11-30)10-13-8-9-24(4,5)33-19(13)35/h13-18H,8-10,12H2,1-7H3,(H,31,36)(H,32,38)(H,33,35)/t13?,14-,15?,16?,17?,18+/m0/s1. The maximum Gasteiger partial charge on any atom is 0.471 e. The summed E-state index contributed by atoms with van der Waals surface area (Å²) in [6.07, 6.45) is -3.79. The van der Waals surface area contributed by atoms with E-state index in [1.807, 2.05) is 39.1 Å². The van der Waals surface area contributed by atoms with Gasteiger partial charge in [-0.1, -0.05) is 34.6 Å². The number of nitrogens with one attached hydrogen (secondary N) is 3. The molecule has 1 saturated carbocycles. The fourth-order valence-corrected chi connectivity index (χ4v) is 5.92. The van der Waals surface area contributed by atoms with Crippen LogP contribution in [0.2, 0.25) is 0 Å². The molecule has 0 aromatic heterocycles. The van der Waals surface area contributed by atoms with E-state index in [1.165, 1.54) is 25.7 Å². The fourth-order valence-electron chi connectivity index (χ4n) is 5.92. The number of likely N-dealkylation sites (tertiary alicyclic amines) is 1. The lowest BCUT2D eigenvalue weighted by molar-refractivity contribution is -0.176. The van der Waals surface area contributed by atoms with Crippen molar-refractivity contribution in [3.8, 4) is 6.07 Å². The molecule has 212 valence electrons. The molecular weight excluding hydrogens is 503 g/mol. The van der Waals surface area contributed by atoms with Crippen LogP contribution in [-0.2, 0) is 19.2 Å². The Morgan fingerprint density at radius 2 is 1.76 bits per heavy atom. The maximum atomic E-state index is 13.6. The number of rotatable bonds is 6. The Bertz CT molecular complexity index is 1040. The molecule has 1 aliphatic carbocycles. The lowest BCUT2D eigenvalue weighted by Crippen LogP contribution is -2.61. The number of carbonyl (C=O) groups is 4. The van der Waals surface area contributed by atoms with Crippen LogP contribution in [0, 0.1) is 39.9 Å². The van der Waals surface area contributed by atoms with Crippen LogP contribution in [0.3, 0.4) is 0 Å². The zero-order chi connectivity index (χ0) is 29.0. The van der Waals surface area contributed by atoms with Crippen molar-refractivity contribution < 1.29 is 32.3 Å². The molecule has 0 aromatic rings. The van der Waals surface area contributed by atoms with Crippen LogP contribution in [0.1, 0.15) is 67.7 Å². The van der Waals surface area contributed by atoms with E-state index in [-0.39, 0.29) is 41.7 Å². The van der Waals surface area contributed by atoms with E-state index in [4.69, 9.17) is 0 Å². The molecular formula is C26H38F3N5O4. The zero-order valence-electron chi connectivity index (χ0n) is 23.0. The van der Waals surface area contributed by atoms with Gasteiger partial charge >= 0.3 is 12.1 Å². The first-order valence-corrected chi connectivity index (χ1v) is 12.9. The van der Waals surface area contributed by atoms with E-state index in [9.17, 15) is 37.6 Å². The fraction of sp³-hybridized carbons (Fsp3) is 0.808. The first-order chi connectivity index (χ1) is 17.2. The van der Waals surface area contributed by atoms with Crippen molar-refractivity contribution in [3.05, 3.63) is 0 Å². The lowest BCUT2D eigenvalue weighted by Gasteiger charge is -2.38. The van der Waals surface area contributed by atoms with E-state index in [1.54, 1.807) is 0 Å². The summed E-state index contributed by atoms with van der Waals surface area (Å²) in [4.78, 5) is 52.6. The minimum absolute atomic E-state index is 0.0481. The largest absolute Gasteiger partial charge is 0.471 e. The molecule has 2 heterocycles. The van der Waals surface area contributed by atoms with Gasteiger partial charge in [0.1, 0.15) is 18.1 Å². The average molecular weight is 542 g/mol. The van der Waals surface area contributed by atoms with Gasteiger partial charge in [-0.15, -0.1) is 0 Å². The summed E-state index contributed by atoms with van der Waals surface area (Å²) in [5, 5.41) is 17.1. The topological polar surface area (TPSA) is 131 Å². The highest BCUT2D eigenvalue weighted by molar-refractivity contribution is 5.95. The van der Waals surface area contributed by atoms with E-state index >= 15 is 0 Å². The minimum Gasteiger partial charge on any atom is -0.351 e. The summed E-state index contributed by atoms with van der Waals surface area (Å²) in [5.41, 5.74) is -1.69. The van der Waals surface area contributed by atoms with Gasteiger partial charge in [-0.2, -0.15) is 18.4 Å². The molecule has 3 fully saturated rings. The van der Waals surface area contributed by atoms with Crippen molar-refractivity contribution in [3.63, 3.8) is 0 Å². The number of amides is 4. The average Bonchev–Trinajstić information content (AvgIpc) is 3.10. The third-order valence-corrected chi connectivity index (χ3v) is 8.35. The van der Waals surface area contributed by atoms with E-state index in [2.05, 4.69) is 10.6 Å². The summed E-state index contributed by atoms with van der Waals surface area (Å²) in [6, 6.07) is -1.48. The number of piperidine rings is 2. The second-order valence-electron chi connectivity index (χ2n) is 13.2. The molecule has 3 rings (SSSR count). The van der Waals surface area contributed by atoms with E-state index < -0.39 is 53.4 Å². The van der Waals surface area contributed by atoms with Crippen LogP contribution in [0.15, 0.2) is 0 Å². The second kappa shape index (κ2) is 9.72. The number of halogens is 3. The smallest absolute Gasteiger partial charge is 0.351 e. The lowest BCUT2D eigenvalue weighted by atomic mass is 9.83. The minimum atomic E-state index is -5.17. The first-order valence-electron chi connectivity index (χ1n) is 12.9. The highest BCUT2D eigenvalue weighted by Crippen LogP contribution is 2.65. The molecule has 4 unspecified atom stereocenters. The van der Waals surface area contributed by atoms with Crippen LogP contribution >= 0.6 is 0 Å². The third-order valence-electron chi connectivity index (χ3n) is 8.35. The summed E-state index contributed by atoms with van der Waals surface area (Å²) in [7, 11) is 0. The molecule has 3 N–H and O–H groups in total. The Morgan fingerprint density at radius 1 is 1.16 bits per heavy atom. The van der Waals surface area contributed by atoms with Crippen LogP contribution in [0.5, 0.6) is 0 Å². The molecule has 12 heteroatoms. The van der Waals surface area contributed by atoms with Gasteiger partial charge in [0.2, 0.25) is 17.7 Å². The number of alkyl halides is 3. The van der Waals surface area contributed by atoms with Gasteiger partial charge < -0.3 is 20.9 Å². The SMILES string of the molecule is CC1(C)CCC(C[C@@H](C#N)NC(=O)C2C3C(CN2C(=O)[C@@H](NC(=O)C(F)(F)F)C(C)(C)C)C3(C)C)C(=O)N1. The van der Waals surface area contributed by atoms with Crippen LogP contribution in [0.25, 0.3) is 0 Å². The first kappa shape index (κ1) is 29.7. The Morgan fingerprint density at radius 3 is 2.26 bits per heavy atom. The van der Waals surface area contributed by atoms with E-state index in [0.717, 1.165) is 6.42 Å². The monoisotopic (exact) mass is 541 g/mol. The Kier molecular flexibility index (Phi) is 7.60. The molecule has 0 radical (unpaired) electrons. The normalized spacial score (nSPS) is 29.3. The van der Waals surface area contributed by atoms with Gasteiger partial charge in [-0.25, -0.2) is 0 Å². The van der Waals surface area contributed by atoms with Gasteiger partial charge in [0, 0.05) is 18.0 Å². The molecule has 4 amide bonds. The predicted octanol–water partition coefficient (Wildman–Crippen LogP) is 2.27. The summed E-state index contributed by atoms with van der Waals surface area (Å²) >= 11 is 0. The Balaban J connectivity index is 1.79. The number of nitriles is 1. The van der Waals surface area contributed by atoms with E-state index in [0.29, 0.717) is 6.42 Å². The maximum absolute atomic E-state index is 13.6. The van der Waals surface area contributed by atoms with Gasteiger partial charge in [0.15, 0.2) is 0 Å². The van der Waals surface area contributed by atoms with Crippen LogP contribution in [-0.4, -0.2) is 64.9 Å². The molecule has 0 bridgehead atoms. The molecule has 0 aromatic carbocycles. The van der Waals surface area contributed by atoms with Crippen molar-refractivity contribution in [1.82, 2.24) is 20.9 Å². The molecule has 2 aliphatic heterocycles. The van der Waals surface area contributed by atoms with Crippen LogP contribution in [0.4, 0.5) is 13.2 Å².